The molecular weight excluding hydrogens is 306 g/mol. The maximum Gasteiger partial charge on any atom is 0.227 e. The molecule has 0 spiro atoms. The number of aromatic nitrogens is 2. The van der Waals surface area contributed by atoms with Gasteiger partial charge >= 0.3 is 0 Å². The molecule has 0 aromatic carbocycles. The predicted octanol–water partition coefficient (Wildman–Crippen LogP) is 3.35. The lowest BCUT2D eigenvalue weighted by Gasteiger charge is -2.21. The Morgan fingerprint density at radius 1 is 1.29 bits per heavy atom. The van der Waals surface area contributed by atoms with Crippen molar-refractivity contribution in [1.82, 2.24) is 15.5 Å². The topological polar surface area (TPSA) is 81.2 Å². The number of aryl methyl sites for hydroxylation is 1. The van der Waals surface area contributed by atoms with Crippen molar-refractivity contribution < 1.29 is 13.7 Å². The van der Waals surface area contributed by atoms with Gasteiger partial charge in [0.25, 0.3) is 0 Å². The third kappa shape index (κ3) is 3.52. The van der Waals surface area contributed by atoms with Gasteiger partial charge in [-0.1, -0.05) is 37.3 Å². The molecule has 4 rings (SSSR count). The summed E-state index contributed by atoms with van der Waals surface area (Å²) in [6, 6.07) is 2.17. The molecule has 128 valence electrons. The highest BCUT2D eigenvalue weighted by molar-refractivity contribution is 5.76. The lowest BCUT2D eigenvalue weighted by atomic mass is 9.85. The monoisotopic (exact) mass is 329 g/mol. The van der Waals surface area contributed by atoms with Gasteiger partial charge in [-0.15, -0.1) is 0 Å². The number of nitrogens with zero attached hydrogens (tertiary/aromatic N) is 2. The third-order valence-electron chi connectivity index (χ3n) is 5.25. The Labute approximate surface area is 141 Å². The van der Waals surface area contributed by atoms with E-state index < -0.39 is 0 Å². The SMILES string of the molecule is O=C(CCc1nc(-c2ccoc2)no1)N[C@H]1C[C@H]1C1CCCCC1. The highest BCUT2D eigenvalue weighted by Gasteiger charge is 2.43. The molecule has 2 aromatic heterocycles. The zero-order chi connectivity index (χ0) is 16.4. The average Bonchev–Trinajstić information content (AvgIpc) is 3.03. The van der Waals surface area contributed by atoms with Gasteiger partial charge in [0.1, 0.15) is 6.26 Å². The molecule has 0 saturated heterocycles. The molecule has 2 saturated carbocycles. The standard InChI is InChI=1S/C18H23N3O3/c22-16(19-15-10-14(15)12-4-2-1-3-5-12)6-7-17-20-18(21-24-17)13-8-9-23-11-13/h8-9,11-12,14-15H,1-7,10H2,(H,19,22)/t14-,15-/m0/s1. The lowest BCUT2D eigenvalue weighted by molar-refractivity contribution is -0.121. The smallest absolute Gasteiger partial charge is 0.227 e. The minimum absolute atomic E-state index is 0.0846. The van der Waals surface area contributed by atoms with Gasteiger partial charge in [0.05, 0.1) is 11.8 Å². The Morgan fingerprint density at radius 2 is 2.17 bits per heavy atom. The van der Waals surface area contributed by atoms with Crippen LogP contribution in [0.15, 0.2) is 27.5 Å². The fraction of sp³-hybridized carbons (Fsp3) is 0.611. The van der Waals surface area contributed by atoms with Gasteiger partial charge in [-0.2, -0.15) is 4.98 Å². The first-order chi connectivity index (χ1) is 11.8. The Morgan fingerprint density at radius 3 is 2.96 bits per heavy atom. The number of nitrogens with one attached hydrogen (secondary N) is 1. The molecule has 0 unspecified atom stereocenters. The van der Waals surface area contributed by atoms with Crippen LogP contribution in [-0.2, 0) is 11.2 Å². The van der Waals surface area contributed by atoms with E-state index in [9.17, 15) is 4.79 Å². The predicted molar refractivity (Wildman–Crippen MR) is 86.9 cm³/mol. The number of rotatable bonds is 6. The van der Waals surface area contributed by atoms with Gasteiger partial charge in [-0.3, -0.25) is 4.79 Å². The maximum absolute atomic E-state index is 12.1. The molecule has 0 aliphatic heterocycles. The second kappa shape index (κ2) is 6.79. The second-order valence-electron chi connectivity index (χ2n) is 7.00. The van der Waals surface area contributed by atoms with Crippen LogP contribution in [0.25, 0.3) is 11.4 Å². The first kappa shape index (κ1) is 15.4. The quantitative estimate of drug-likeness (QED) is 0.879. The second-order valence-corrected chi connectivity index (χ2v) is 7.00. The highest BCUT2D eigenvalue weighted by atomic mass is 16.5. The van der Waals surface area contributed by atoms with Crippen molar-refractivity contribution in [1.29, 1.82) is 0 Å². The minimum Gasteiger partial charge on any atom is -0.472 e. The van der Waals surface area contributed by atoms with E-state index >= 15 is 0 Å². The maximum atomic E-state index is 12.1. The van der Waals surface area contributed by atoms with Crippen LogP contribution in [-0.4, -0.2) is 22.1 Å². The molecule has 1 N–H and O–H groups in total. The van der Waals surface area contributed by atoms with E-state index in [1.807, 2.05) is 0 Å². The van der Waals surface area contributed by atoms with Gasteiger partial charge < -0.3 is 14.3 Å². The van der Waals surface area contributed by atoms with Crippen LogP contribution in [0.1, 0.15) is 50.8 Å². The van der Waals surface area contributed by atoms with E-state index in [4.69, 9.17) is 8.94 Å². The first-order valence-electron chi connectivity index (χ1n) is 8.94. The highest BCUT2D eigenvalue weighted by Crippen LogP contribution is 2.44. The Hall–Kier alpha value is -2.11. The van der Waals surface area contributed by atoms with Gasteiger partial charge in [0, 0.05) is 18.9 Å². The Balaban J connectivity index is 1.21. The van der Waals surface area contributed by atoms with Crippen LogP contribution >= 0.6 is 0 Å². The lowest BCUT2D eigenvalue weighted by Crippen LogP contribution is -2.28. The molecule has 1 amide bonds. The van der Waals surface area contributed by atoms with Crippen LogP contribution in [0.5, 0.6) is 0 Å². The summed E-state index contributed by atoms with van der Waals surface area (Å²) in [5.41, 5.74) is 0.780. The number of hydrogen-bond donors (Lipinski definition) is 1. The zero-order valence-electron chi connectivity index (χ0n) is 13.7. The van der Waals surface area contributed by atoms with Gasteiger partial charge in [-0.25, -0.2) is 0 Å². The molecular formula is C18H23N3O3. The average molecular weight is 329 g/mol. The zero-order valence-corrected chi connectivity index (χ0v) is 13.7. The summed E-state index contributed by atoms with van der Waals surface area (Å²) in [6.07, 6.45) is 11.9. The van der Waals surface area contributed by atoms with Crippen LogP contribution in [0.3, 0.4) is 0 Å². The molecule has 2 atom stereocenters. The van der Waals surface area contributed by atoms with Crippen LogP contribution in [0, 0.1) is 11.8 Å². The molecule has 2 aromatic rings. The summed E-state index contributed by atoms with van der Waals surface area (Å²) < 4.78 is 10.2. The summed E-state index contributed by atoms with van der Waals surface area (Å²) in [6.45, 7) is 0. The first-order valence-corrected chi connectivity index (χ1v) is 8.94. The minimum atomic E-state index is 0.0846. The van der Waals surface area contributed by atoms with Gasteiger partial charge in [0.15, 0.2) is 0 Å². The molecule has 2 aliphatic carbocycles. The number of furan rings is 1. The summed E-state index contributed by atoms with van der Waals surface area (Å²) in [4.78, 5) is 16.4. The Kier molecular flexibility index (Phi) is 4.36. The van der Waals surface area contributed by atoms with Crippen LogP contribution < -0.4 is 5.32 Å². The van der Waals surface area contributed by atoms with E-state index in [0.717, 1.165) is 17.9 Å². The summed E-state index contributed by atoms with van der Waals surface area (Å²) in [5.74, 6) is 2.61. The molecule has 2 heterocycles. The van der Waals surface area contributed by atoms with Gasteiger partial charge in [0.2, 0.25) is 17.6 Å². The summed E-state index contributed by atoms with van der Waals surface area (Å²) in [5, 5.41) is 7.07. The van der Waals surface area contributed by atoms with Crippen molar-refractivity contribution in [3.8, 4) is 11.4 Å². The van der Waals surface area contributed by atoms with E-state index in [2.05, 4.69) is 15.5 Å². The van der Waals surface area contributed by atoms with Gasteiger partial charge in [-0.05, 0) is 24.3 Å². The van der Waals surface area contributed by atoms with E-state index in [1.54, 1.807) is 18.6 Å². The number of hydrogen-bond acceptors (Lipinski definition) is 5. The van der Waals surface area contributed by atoms with Crippen molar-refractivity contribution in [3.05, 3.63) is 24.5 Å². The molecule has 2 fully saturated rings. The molecule has 2 aliphatic rings. The van der Waals surface area contributed by atoms with Crippen molar-refractivity contribution in [2.75, 3.05) is 0 Å². The van der Waals surface area contributed by atoms with Crippen molar-refractivity contribution in [2.24, 2.45) is 11.8 Å². The fourth-order valence-corrected chi connectivity index (χ4v) is 3.83. The summed E-state index contributed by atoms with van der Waals surface area (Å²) in [7, 11) is 0. The molecule has 6 nitrogen and oxygen atoms in total. The normalized spacial score (nSPS) is 24.0. The van der Waals surface area contributed by atoms with Crippen molar-refractivity contribution in [3.63, 3.8) is 0 Å². The molecule has 0 radical (unpaired) electrons. The third-order valence-corrected chi connectivity index (χ3v) is 5.25. The van der Waals surface area contributed by atoms with E-state index in [-0.39, 0.29) is 5.91 Å². The number of carbonyl (C=O) groups excluding carboxylic acids is 1. The number of amides is 1. The van der Waals surface area contributed by atoms with Crippen molar-refractivity contribution in [2.45, 2.75) is 57.4 Å². The van der Waals surface area contributed by atoms with Crippen LogP contribution in [0.4, 0.5) is 0 Å². The van der Waals surface area contributed by atoms with E-state index in [0.29, 0.717) is 36.5 Å². The number of carbonyl (C=O) groups is 1. The molecule has 24 heavy (non-hydrogen) atoms. The molecule has 6 heteroatoms. The van der Waals surface area contributed by atoms with E-state index in [1.165, 1.54) is 32.1 Å². The molecule has 0 bridgehead atoms. The van der Waals surface area contributed by atoms with Crippen LogP contribution in [0.2, 0.25) is 0 Å². The summed E-state index contributed by atoms with van der Waals surface area (Å²) >= 11 is 0. The largest absolute Gasteiger partial charge is 0.472 e. The van der Waals surface area contributed by atoms with Crippen molar-refractivity contribution >= 4 is 5.91 Å². The fourth-order valence-electron chi connectivity index (χ4n) is 3.83. The Bertz CT molecular complexity index is 674.